The third kappa shape index (κ3) is 2.80. The Kier molecular flexibility index (Phi) is 4.04. The van der Waals surface area contributed by atoms with Crippen LogP contribution in [-0.2, 0) is 13.0 Å². The third-order valence-electron chi connectivity index (χ3n) is 3.24. The van der Waals surface area contributed by atoms with E-state index < -0.39 is 5.97 Å². The van der Waals surface area contributed by atoms with Gasteiger partial charge in [-0.25, -0.2) is 9.78 Å². The first-order valence-electron chi connectivity index (χ1n) is 6.25. The smallest absolute Gasteiger partial charge is 0.337 e. The molecule has 0 unspecified atom stereocenters. The number of rotatable bonds is 4. The average Bonchev–Trinajstić information content (AvgIpc) is 2.73. The molecule has 106 valence electrons. The zero-order valence-corrected chi connectivity index (χ0v) is 12.5. The van der Waals surface area contributed by atoms with Gasteiger partial charge < -0.3 is 9.67 Å². The standard InChI is InChI=1S/C14H16N2O3S/c1-8-6-12(17)16(9(2)13(8)14(18)19)5-4-11-7-20-10(3)15-11/h6-7H,4-5H2,1-3H3,(H,18,19). The number of carboxylic acid groups (broad SMARTS) is 1. The molecule has 0 fully saturated rings. The molecule has 0 aliphatic rings. The molecule has 0 radical (unpaired) electrons. The quantitative estimate of drug-likeness (QED) is 0.937. The molecular formula is C14H16N2O3S. The topological polar surface area (TPSA) is 72.2 Å². The van der Waals surface area contributed by atoms with E-state index in [2.05, 4.69) is 4.98 Å². The van der Waals surface area contributed by atoms with Gasteiger partial charge in [-0.1, -0.05) is 0 Å². The Morgan fingerprint density at radius 3 is 2.65 bits per heavy atom. The average molecular weight is 292 g/mol. The van der Waals surface area contributed by atoms with E-state index in [1.165, 1.54) is 10.6 Å². The van der Waals surface area contributed by atoms with Crippen LogP contribution in [0, 0.1) is 20.8 Å². The lowest BCUT2D eigenvalue weighted by molar-refractivity contribution is 0.0694. The summed E-state index contributed by atoms with van der Waals surface area (Å²) in [5.41, 5.74) is 1.96. The van der Waals surface area contributed by atoms with E-state index in [0.29, 0.717) is 24.2 Å². The number of thiazole rings is 1. The number of hydrogen-bond acceptors (Lipinski definition) is 4. The Labute approximate surface area is 120 Å². The monoisotopic (exact) mass is 292 g/mol. The number of hydrogen-bond donors (Lipinski definition) is 1. The van der Waals surface area contributed by atoms with Crippen LogP contribution in [-0.4, -0.2) is 20.6 Å². The second kappa shape index (κ2) is 5.58. The van der Waals surface area contributed by atoms with Crippen molar-refractivity contribution >= 4 is 17.3 Å². The molecule has 0 bridgehead atoms. The molecule has 2 rings (SSSR count). The fourth-order valence-corrected chi connectivity index (χ4v) is 2.92. The van der Waals surface area contributed by atoms with E-state index in [4.69, 9.17) is 0 Å². The minimum atomic E-state index is -1.00. The molecule has 0 atom stereocenters. The van der Waals surface area contributed by atoms with Crippen LogP contribution >= 0.6 is 11.3 Å². The van der Waals surface area contributed by atoms with Crippen LogP contribution < -0.4 is 5.56 Å². The molecule has 20 heavy (non-hydrogen) atoms. The van der Waals surface area contributed by atoms with Crippen molar-refractivity contribution in [3.05, 3.63) is 49.3 Å². The summed E-state index contributed by atoms with van der Waals surface area (Å²) in [7, 11) is 0. The summed E-state index contributed by atoms with van der Waals surface area (Å²) >= 11 is 1.57. The first kappa shape index (κ1) is 14.5. The maximum absolute atomic E-state index is 12.0. The molecule has 0 saturated carbocycles. The lowest BCUT2D eigenvalue weighted by Gasteiger charge is -2.13. The van der Waals surface area contributed by atoms with Gasteiger partial charge in [-0.2, -0.15) is 0 Å². The van der Waals surface area contributed by atoms with Gasteiger partial charge in [0.1, 0.15) is 0 Å². The van der Waals surface area contributed by atoms with Crippen molar-refractivity contribution < 1.29 is 9.90 Å². The maximum Gasteiger partial charge on any atom is 0.337 e. The highest BCUT2D eigenvalue weighted by Crippen LogP contribution is 2.13. The van der Waals surface area contributed by atoms with Crippen molar-refractivity contribution in [2.24, 2.45) is 0 Å². The lowest BCUT2D eigenvalue weighted by atomic mass is 10.1. The third-order valence-corrected chi connectivity index (χ3v) is 4.06. The van der Waals surface area contributed by atoms with Gasteiger partial charge in [-0.05, 0) is 26.3 Å². The summed E-state index contributed by atoms with van der Waals surface area (Å²) in [6.45, 7) is 5.69. The van der Waals surface area contributed by atoms with Crippen LogP contribution in [0.1, 0.15) is 32.3 Å². The number of nitrogens with zero attached hydrogens (tertiary/aromatic N) is 2. The second-order valence-corrected chi connectivity index (χ2v) is 5.75. The number of aromatic nitrogens is 2. The lowest BCUT2D eigenvalue weighted by Crippen LogP contribution is -2.26. The van der Waals surface area contributed by atoms with Gasteiger partial charge in [0.25, 0.3) is 5.56 Å². The van der Waals surface area contributed by atoms with E-state index in [9.17, 15) is 14.7 Å². The van der Waals surface area contributed by atoms with E-state index in [1.807, 2.05) is 12.3 Å². The summed E-state index contributed by atoms with van der Waals surface area (Å²) in [5, 5.41) is 12.2. The number of aromatic carboxylic acids is 1. The van der Waals surface area contributed by atoms with Crippen LogP contribution in [0.4, 0.5) is 0 Å². The first-order chi connectivity index (χ1) is 9.40. The number of carboxylic acids is 1. The van der Waals surface area contributed by atoms with Crippen LogP contribution in [0.5, 0.6) is 0 Å². The maximum atomic E-state index is 12.0. The van der Waals surface area contributed by atoms with Crippen molar-refractivity contribution in [1.82, 2.24) is 9.55 Å². The summed E-state index contributed by atoms with van der Waals surface area (Å²) in [6, 6.07) is 1.38. The van der Waals surface area contributed by atoms with Crippen LogP contribution in [0.3, 0.4) is 0 Å². The minimum absolute atomic E-state index is 0.169. The first-order valence-corrected chi connectivity index (χ1v) is 7.13. The van der Waals surface area contributed by atoms with Gasteiger partial charge in [0.2, 0.25) is 0 Å². The normalized spacial score (nSPS) is 10.8. The number of aryl methyl sites for hydroxylation is 3. The largest absolute Gasteiger partial charge is 0.478 e. The predicted octanol–water partition coefficient (Wildman–Crippen LogP) is 2.17. The number of carbonyl (C=O) groups is 1. The Bertz CT molecular complexity index is 716. The van der Waals surface area contributed by atoms with Gasteiger partial charge >= 0.3 is 5.97 Å². The minimum Gasteiger partial charge on any atom is -0.478 e. The zero-order chi connectivity index (χ0) is 14.9. The Morgan fingerprint density at radius 2 is 2.10 bits per heavy atom. The van der Waals surface area contributed by atoms with Crippen LogP contribution in [0.25, 0.3) is 0 Å². The molecule has 2 heterocycles. The molecule has 0 aliphatic heterocycles. The molecule has 0 aromatic carbocycles. The van der Waals surface area contributed by atoms with E-state index in [-0.39, 0.29) is 11.1 Å². The molecule has 6 heteroatoms. The summed E-state index contributed by atoms with van der Waals surface area (Å²) in [6.07, 6.45) is 0.618. The van der Waals surface area contributed by atoms with E-state index in [0.717, 1.165) is 10.7 Å². The second-order valence-electron chi connectivity index (χ2n) is 4.69. The van der Waals surface area contributed by atoms with Crippen LogP contribution in [0.2, 0.25) is 0 Å². The Hall–Kier alpha value is -1.95. The molecule has 0 spiro atoms. The van der Waals surface area contributed by atoms with Gasteiger partial charge in [0.15, 0.2) is 0 Å². The van der Waals surface area contributed by atoms with E-state index in [1.54, 1.807) is 25.2 Å². The van der Waals surface area contributed by atoms with Gasteiger partial charge in [-0.3, -0.25) is 4.79 Å². The summed E-state index contributed by atoms with van der Waals surface area (Å²) < 4.78 is 1.51. The molecule has 1 N–H and O–H groups in total. The fourth-order valence-electron chi connectivity index (χ4n) is 2.27. The van der Waals surface area contributed by atoms with Crippen molar-refractivity contribution in [2.75, 3.05) is 0 Å². The summed E-state index contributed by atoms with van der Waals surface area (Å²) in [4.78, 5) is 27.6. The fraction of sp³-hybridized carbons (Fsp3) is 0.357. The zero-order valence-electron chi connectivity index (χ0n) is 11.6. The van der Waals surface area contributed by atoms with Gasteiger partial charge in [0, 0.05) is 30.1 Å². The van der Waals surface area contributed by atoms with Crippen molar-refractivity contribution in [3.63, 3.8) is 0 Å². The van der Waals surface area contributed by atoms with Crippen molar-refractivity contribution in [3.8, 4) is 0 Å². The SMILES string of the molecule is Cc1nc(CCn2c(C)c(C(=O)O)c(C)cc2=O)cs1. The molecule has 2 aromatic heterocycles. The summed E-state index contributed by atoms with van der Waals surface area (Å²) in [5.74, 6) is -1.00. The Balaban J connectivity index is 2.34. The molecular weight excluding hydrogens is 276 g/mol. The highest BCUT2D eigenvalue weighted by molar-refractivity contribution is 7.09. The molecule has 5 nitrogen and oxygen atoms in total. The molecule has 0 aliphatic carbocycles. The highest BCUT2D eigenvalue weighted by Gasteiger charge is 2.15. The predicted molar refractivity (Wildman–Crippen MR) is 77.7 cm³/mol. The van der Waals surface area contributed by atoms with E-state index >= 15 is 0 Å². The van der Waals surface area contributed by atoms with Gasteiger partial charge in [-0.15, -0.1) is 11.3 Å². The van der Waals surface area contributed by atoms with Crippen molar-refractivity contribution in [2.45, 2.75) is 33.7 Å². The highest BCUT2D eigenvalue weighted by atomic mass is 32.1. The molecule has 0 saturated heterocycles. The molecule has 0 amide bonds. The molecule has 2 aromatic rings. The van der Waals surface area contributed by atoms with Crippen molar-refractivity contribution in [1.29, 1.82) is 0 Å². The van der Waals surface area contributed by atoms with Gasteiger partial charge in [0.05, 0.1) is 16.3 Å². The van der Waals surface area contributed by atoms with Crippen LogP contribution in [0.15, 0.2) is 16.2 Å². The number of pyridine rings is 1. The Morgan fingerprint density at radius 1 is 1.40 bits per heavy atom.